The van der Waals surface area contributed by atoms with Crippen molar-refractivity contribution in [1.29, 1.82) is 0 Å². The van der Waals surface area contributed by atoms with Crippen molar-refractivity contribution in [3.05, 3.63) is 27.7 Å². The summed E-state index contributed by atoms with van der Waals surface area (Å²) in [5.41, 5.74) is 9.44. The number of hydrogen-bond acceptors (Lipinski definition) is 3. The molecule has 72 valence electrons. The van der Waals surface area contributed by atoms with Gasteiger partial charge < -0.3 is 16.5 Å². The summed E-state index contributed by atoms with van der Waals surface area (Å²) in [7, 11) is 0. The molecule has 1 aromatic rings. The van der Waals surface area contributed by atoms with Gasteiger partial charge in [-0.15, -0.1) is 0 Å². The second-order valence-corrected chi connectivity index (χ2v) is 2.49. The van der Waals surface area contributed by atoms with Crippen molar-refractivity contribution in [3.8, 4) is 0 Å². The van der Waals surface area contributed by atoms with Gasteiger partial charge in [0.1, 0.15) is 5.69 Å². The first-order chi connectivity index (χ1) is 6.06. The molecule has 1 rings (SSSR count). The van der Waals surface area contributed by atoms with E-state index in [1.807, 2.05) is 0 Å². The molecule has 0 spiro atoms. The molecule has 0 aliphatic rings. The van der Waals surface area contributed by atoms with Crippen molar-refractivity contribution in [3.63, 3.8) is 0 Å². The zero-order chi connectivity index (χ0) is 10.0. The van der Waals surface area contributed by atoms with E-state index >= 15 is 0 Å². The minimum absolute atomic E-state index is 0.0678. The zero-order valence-corrected chi connectivity index (χ0v) is 6.68. The molecule has 0 aliphatic carbocycles. The molecule has 6 heteroatoms. The normalized spacial score (nSPS) is 10.8. The van der Waals surface area contributed by atoms with Gasteiger partial charge in [0, 0.05) is 12.6 Å². The maximum absolute atomic E-state index is 12.1. The molecule has 0 bridgehead atoms. The highest BCUT2D eigenvalue weighted by Gasteiger charge is 2.11. The van der Waals surface area contributed by atoms with Crippen molar-refractivity contribution >= 4 is 5.69 Å². The highest BCUT2D eigenvalue weighted by molar-refractivity contribution is 5.43. The number of halogens is 2. The lowest BCUT2D eigenvalue weighted by Crippen LogP contribution is -2.16. The summed E-state index contributed by atoms with van der Waals surface area (Å²) in [6.45, 7) is -0.0678. The van der Waals surface area contributed by atoms with Crippen molar-refractivity contribution < 1.29 is 8.78 Å². The first-order valence-electron chi connectivity index (χ1n) is 3.56. The third-order valence-corrected chi connectivity index (χ3v) is 1.61. The van der Waals surface area contributed by atoms with Crippen LogP contribution < -0.4 is 16.9 Å². The van der Waals surface area contributed by atoms with Crippen LogP contribution in [-0.2, 0) is 6.54 Å². The zero-order valence-electron chi connectivity index (χ0n) is 6.68. The van der Waals surface area contributed by atoms with Gasteiger partial charge in [-0.1, -0.05) is 0 Å². The summed E-state index contributed by atoms with van der Waals surface area (Å²) in [6.07, 6.45) is -2.72. The Bertz CT molecular complexity index is 361. The van der Waals surface area contributed by atoms with Crippen LogP contribution in [0.1, 0.15) is 17.8 Å². The topological polar surface area (TPSA) is 84.9 Å². The van der Waals surface area contributed by atoms with Crippen LogP contribution in [0, 0.1) is 0 Å². The molecular formula is C7H9F2N3O. The van der Waals surface area contributed by atoms with E-state index in [9.17, 15) is 13.6 Å². The van der Waals surface area contributed by atoms with Gasteiger partial charge in [-0.05, 0) is 0 Å². The van der Waals surface area contributed by atoms with Crippen molar-refractivity contribution in [1.82, 2.24) is 4.98 Å². The summed E-state index contributed by atoms with van der Waals surface area (Å²) >= 11 is 0. The Morgan fingerprint density at radius 3 is 2.62 bits per heavy atom. The maximum atomic E-state index is 12.1. The predicted octanol–water partition coefficient (Wildman–Crippen LogP) is 0.353. The monoisotopic (exact) mass is 189 g/mol. The summed E-state index contributed by atoms with van der Waals surface area (Å²) in [6, 6.07) is 0.777. The third kappa shape index (κ3) is 1.83. The average Bonchev–Trinajstić information content (AvgIpc) is 2.09. The van der Waals surface area contributed by atoms with E-state index in [1.165, 1.54) is 0 Å². The van der Waals surface area contributed by atoms with Crippen LogP contribution in [0.25, 0.3) is 0 Å². The summed E-state index contributed by atoms with van der Waals surface area (Å²) in [5.74, 6) is 0. The number of nitrogens with two attached hydrogens (primary N) is 2. The SMILES string of the molecule is NCc1[nH]c(C(F)F)cc(=O)c1N. The van der Waals surface area contributed by atoms with Gasteiger partial charge in [0.15, 0.2) is 0 Å². The van der Waals surface area contributed by atoms with E-state index in [1.54, 1.807) is 0 Å². The van der Waals surface area contributed by atoms with Crippen LogP contribution >= 0.6 is 0 Å². The van der Waals surface area contributed by atoms with Crippen molar-refractivity contribution in [2.24, 2.45) is 5.73 Å². The van der Waals surface area contributed by atoms with E-state index < -0.39 is 17.5 Å². The van der Waals surface area contributed by atoms with Crippen molar-refractivity contribution in [2.75, 3.05) is 5.73 Å². The molecule has 0 atom stereocenters. The molecule has 0 amide bonds. The molecule has 1 heterocycles. The Balaban J connectivity index is 3.31. The number of rotatable bonds is 2. The molecule has 0 saturated heterocycles. The molecule has 0 fully saturated rings. The minimum Gasteiger partial charge on any atom is -0.394 e. The second kappa shape index (κ2) is 3.53. The smallest absolute Gasteiger partial charge is 0.278 e. The van der Waals surface area contributed by atoms with Crippen LogP contribution in [0.2, 0.25) is 0 Å². The fourth-order valence-corrected chi connectivity index (χ4v) is 0.924. The fraction of sp³-hybridized carbons (Fsp3) is 0.286. The average molecular weight is 189 g/mol. The number of nitrogens with one attached hydrogen (secondary N) is 1. The lowest BCUT2D eigenvalue weighted by molar-refractivity contribution is 0.145. The first kappa shape index (κ1) is 9.66. The number of alkyl halides is 2. The van der Waals surface area contributed by atoms with Gasteiger partial charge in [-0.2, -0.15) is 0 Å². The summed E-state index contributed by atoms with van der Waals surface area (Å²) in [5, 5.41) is 0. The van der Waals surface area contributed by atoms with Gasteiger partial charge in [0.25, 0.3) is 6.43 Å². The highest BCUT2D eigenvalue weighted by Crippen LogP contribution is 2.16. The number of anilines is 1. The van der Waals surface area contributed by atoms with Crippen LogP contribution in [0.5, 0.6) is 0 Å². The number of aromatic amines is 1. The van der Waals surface area contributed by atoms with Crippen molar-refractivity contribution in [2.45, 2.75) is 13.0 Å². The van der Waals surface area contributed by atoms with E-state index in [0.29, 0.717) is 0 Å². The van der Waals surface area contributed by atoms with Crippen LogP contribution in [0.3, 0.4) is 0 Å². The third-order valence-electron chi connectivity index (χ3n) is 1.61. The number of aromatic nitrogens is 1. The summed E-state index contributed by atoms with van der Waals surface area (Å²) < 4.78 is 24.3. The van der Waals surface area contributed by atoms with Crippen LogP contribution in [0.15, 0.2) is 10.9 Å². The van der Waals surface area contributed by atoms with Crippen LogP contribution in [-0.4, -0.2) is 4.98 Å². The Kier molecular flexibility index (Phi) is 2.62. The lowest BCUT2D eigenvalue weighted by atomic mass is 10.2. The van der Waals surface area contributed by atoms with Gasteiger partial charge in [0.05, 0.1) is 11.4 Å². The highest BCUT2D eigenvalue weighted by atomic mass is 19.3. The fourth-order valence-electron chi connectivity index (χ4n) is 0.924. The van der Waals surface area contributed by atoms with Gasteiger partial charge >= 0.3 is 0 Å². The molecule has 0 unspecified atom stereocenters. The second-order valence-electron chi connectivity index (χ2n) is 2.49. The molecule has 5 N–H and O–H groups in total. The Hall–Kier alpha value is -1.43. The quantitative estimate of drug-likeness (QED) is 0.627. The molecule has 1 aromatic heterocycles. The largest absolute Gasteiger partial charge is 0.394 e. The first-order valence-corrected chi connectivity index (χ1v) is 3.56. The van der Waals surface area contributed by atoms with Crippen LogP contribution in [0.4, 0.5) is 14.5 Å². The standard InChI is InChI=1S/C7H9F2N3O/c8-7(9)3-1-5(13)6(11)4(2-10)12-3/h1,7H,2,10-11H2,(H,12,13). The number of H-pyrrole nitrogens is 1. The molecular weight excluding hydrogens is 180 g/mol. The number of hydrogen-bond donors (Lipinski definition) is 3. The maximum Gasteiger partial charge on any atom is 0.278 e. The minimum atomic E-state index is -2.72. The van der Waals surface area contributed by atoms with E-state index in [0.717, 1.165) is 6.07 Å². The molecule has 0 saturated carbocycles. The lowest BCUT2D eigenvalue weighted by Gasteiger charge is -2.05. The van der Waals surface area contributed by atoms with Gasteiger partial charge in [0.2, 0.25) is 5.43 Å². The Morgan fingerprint density at radius 2 is 2.15 bits per heavy atom. The van der Waals surface area contributed by atoms with E-state index in [-0.39, 0.29) is 17.9 Å². The Labute approximate surface area is 72.6 Å². The molecule has 4 nitrogen and oxygen atoms in total. The molecule has 0 aliphatic heterocycles. The van der Waals surface area contributed by atoms with E-state index in [4.69, 9.17) is 11.5 Å². The van der Waals surface area contributed by atoms with E-state index in [2.05, 4.69) is 4.98 Å². The Morgan fingerprint density at radius 1 is 1.54 bits per heavy atom. The predicted molar refractivity (Wildman–Crippen MR) is 44.3 cm³/mol. The van der Waals surface area contributed by atoms with Gasteiger partial charge in [-0.3, -0.25) is 4.79 Å². The summed E-state index contributed by atoms with van der Waals surface area (Å²) in [4.78, 5) is 13.3. The molecule has 13 heavy (non-hydrogen) atoms. The molecule has 0 radical (unpaired) electrons. The molecule has 0 aromatic carbocycles. The van der Waals surface area contributed by atoms with Gasteiger partial charge in [-0.25, -0.2) is 8.78 Å². The number of pyridine rings is 1. The number of nitrogen functional groups attached to an aromatic ring is 1.